The van der Waals surface area contributed by atoms with E-state index in [-0.39, 0.29) is 12.0 Å². The molecule has 0 bridgehead atoms. The summed E-state index contributed by atoms with van der Waals surface area (Å²) in [4.78, 5) is 19.8. The number of aryl methyl sites for hydroxylation is 2. The number of amidine groups is 1. The smallest absolute Gasteiger partial charge is 0.283 e. The second kappa shape index (κ2) is 9.06. The van der Waals surface area contributed by atoms with Gasteiger partial charge in [-0.2, -0.15) is 0 Å². The summed E-state index contributed by atoms with van der Waals surface area (Å²) in [5, 5.41) is 0.709. The summed E-state index contributed by atoms with van der Waals surface area (Å²) in [6.07, 6.45) is 4.21. The Morgan fingerprint density at radius 1 is 1.20 bits per heavy atom. The lowest BCUT2D eigenvalue weighted by atomic mass is 10.1. The first-order valence-electron chi connectivity index (χ1n) is 10.1. The summed E-state index contributed by atoms with van der Waals surface area (Å²) in [7, 11) is 1.64. The van der Waals surface area contributed by atoms with E-state index in [1.807, 2.05) is 56.3 Å². The molecule has 0 unspecified atom stereocenters. The van der Waals surface area contributed by atoms with Gasteiger partial charge >= 0.3 is 0 Å². The highest BCUT2D eigenvalue weighted by Gasteiger charge is 2.33. The number of aliphatic imine (C=N–C) groups is 1. The molecule has 0 spiro atoms. The number of carbonyl (C=O) groups is 1. The van der Waals surface area contributed by atoms with Gasteiger partial charge in [0.1, 0.15) is 11.4 Å². The van der Waals surface area contributed by atoms with Crippen LogP contribution in [0.5, 0.6) is 5.75 Å². The van der Waals surface area contributed by atoms with E-state index in [4.69, 9.17) is 14.5 Å². The van der Waals surface area contributed by atoms with Gasteiger partial charge in [0, 0.05) is 12.4 Å². The molecule has 0 radical (unpaired) electrons. The van der Waals surface area contributed by atoms with Crippen LogP contribution in [0.4, 0.5) is 5.69 Å². The van der Waals surface area contributed by atoms with Crippen LogP contribution in [0.1, 0.15) is 29.5 Å². The van der Waals surface area contributed by atoms with Crippen LogP contribution in [0.3, 0.4) is 0 Å². The molecular weight excluding hydrogens is 396 g/mol. The number of hydrogen-bond donors (Lipinski definition) is 0. The predicted molar refractivity (Wildman–Crippen MR) is 123 cm³/mol. The van der Waals surface area contributed by atoms with E-state index in [9.17, 15) is 4.79 Å². The number of hydrogen-bond acceptors (Lipinski definition) is 5. The molecule has 6 heteroatoms. The highest BCUT2D eigenvalue weighted by atomic mass is 32.2. The third-order valence-corrected chi connectivity index (χ3v) is 6.21. The van der Waals surface area contributed by atoms with Gasteiger partial charge in [-0.25, -0.2) is 4.99 Å². The van der Waals surface area contributed by atoms with Crippen LogP contribution >= 0.6 is 11.8 Å². The number of rotatable bonds is 5. The largest absolute Gasteiger partial charge is 0.497 e. The number of amides is 1. The summed E-state index contributed by atoms with van der Waals surface area (Å²) in [6, 6.07) is 13.8. The van der Waals surface area contributed by atoms with Crippen molar-refractivity contribution in [1.82, 2.24) is 0 Å². The van der Waals surface area contributed by atoms with Gasteiger partial charge in [-0.05, 0) is 73.7 Å². The molecule has 156 valence electrons. The Hall–Kier alpha value is -2.57. The molecule has 0 N–H and O–H groups in total. The van der Waals surface area contributed by atoms with Gasteiger partial charge in [0.25, 0.3) is 5.91 Å². The average Bonchev–Trinajstić information content (AvgIpc) is 3.34. The Labute approximate surface area is 181 Å². The Morgan fingerprint density at radius 3 is 2.57 bits per heavy atom. The highest BCUT2D eigenvalue weighted by molar-refractivity contribution is 8.14. The van der Waals surface area contributed by atoms with Crippen molar-refractivity contribution in [2.45, 2.75) is 32.8 Å². The zero-order valence-electron chi connectivity index (χ0n) is 17.6. The van der Waals surface area contributed by atoms with E-state index in [1.54, 1.807) is 23.8 Å². The lowest BCUT2D eigenvalue weighted by Gasteiger charge is -2.20. The van der Waals surface area contributed by atoms with Crippen molar-refractivity contribution in [1.29, 1.82) is 0 Å². The lowest BCUT2D eigenvalue weighted by molar-refractivity contribution is -0.113. The average molecular weight is 423 g/mol. The molecule has 0 aliphatic carbocycles. The SMILES string of the molecule is COc1ccc(/C=C2\N=C(SC[C@H]3CCCO3)N(c3cc(C)cc(C)c3)C2=O)cc1. The van der Waals surface area contributed by atoms with E-state index in [0.717, 1.165) is 53.3 Å². The van der Waals surface area contributed by atoms with Crippen molar-refractivity contribution < 1.29 is 14.3 Å². The van der Waals surface area contributed by atoms with E-state index < -0.39 is 0 Å². The number of ether oxygens (including phenoxy) is 2. The van der Waals surface area contributed by atoms with Gasteiger partial charge in [-0.3, -0.25) is 9.69 Å². The van der Waals surface area contributed by atoms with Crippen molar-refractivity contribution in [2.75, 3.05) is 24.4 Å². The number of anilines is 1. The van der Waals surface area contributed by atoms with Crippen LogP contribution in [0.15, 0.2) is 53.2 Å². The Balaban J connectivity index is 1.65. The highest BCUT2D eigenvalue weighted by Crippen LogP contribution is 2.32. The van der Waals surface area contributed by atoms with Gasteiger partial charge in [0.2, 0.25) is 0 Å². The maximum absolute atomic E-state index is 13.3. The standard InChI is InChI=1S/C24H26N2O3S/c1-16-11-17(2)13-19(12-16)26-23(27)22(14-18-6-8-20(28-3)9-7-18)25-24(26)30-15-21-5-4-10-29-21/h6-9,11-14,21H,4-5,10,15H2,1-3H3/b22-14-/t21-/m1/s1. The minimum Gasteiger partial charge on any atom is -0.497 e. The maximum atomic E-state index is 13.3. The molecule has 0 aromatic heterocycles. The van der Waals surface area contributed by atoms with E-state index in [2.05, 4.69) is 6.07 Å². The normalized spacial score (nSPS) is 20.2. The monoisotopic (exact) mass is 422 g/mol. The summed E-state index contributed by atoms with van der Waals surface area (Å²) < 4.78 is 11.0. The Morgan fingerprint density at radius 2 is 1.93 bits per heavy atom. The van der Waals surface area contributed by atoms with E-state index >= 15 is 0 Å². The molecule has 2 aromatic rings. The van der Waals surface area contributed by atoms with Crippen molar-refractivity contribution in [2.24, 2.45) is 4.99 Å². The number of methoxy groups -OCH3 is 1. The van der Waals surface area contributed by atoms with Crippen molar-refractivity contribution >= 4 is 34.6 Å². The van der Waals surface area contributed by atoms with Crippen molar-refractivity contribution in [3.8, 4) is 5.75 Å². The van der Waals surface area contributed by atoms with Crippen LogP contribution in [-0.4, -0.2) is 36.6 Å². The molecular formula is C24H26N2O3S. The van der Waals surface area contributed by atoms with Crippen LogP contribution in [-0.2, 0) is 9.53 Å². The Kier molecular flexibility index (Phi) is 6.25. The van der Waals surface area contributed by atoms with Crippen LogP contribution < -0.4 is 9.64 Å². The Bertz CT molecular complexity index is 972. The van der Waals surface area contributed by atoms with Gasteiger partial charge in [-0.1, -0.05) is 30.0 Å². The van der Waals surface area contributed by atoms with Gasteiger partial charge in [0.15, 0.2) is 5.17 Å². The topological polar surface area (TPSA) is 51.1 Å². The van der Waals surface area contributed by atoms with Crippen LogP contribution in [0, 0.1) is 13.8 Å². The fourth-order valence-electron chi connectivity index (χ4n) is 3.70. The van der Waals surface area contributed by atoms with Crippen LogP contribution in [0.25, 0.3) is 6.08 Å². The van der Waals surface area contributed by atoms with Gasteiger partial charge in [-0.15, -0.1) is 0 Å². The molecule has 30 heavy (non-hydrogen) atoms. The van der Waals surface area contributed by atoms with E-state index in [1.165, 1.54) is 0 Å². The third-order valence-electron chi connectivity index (χ3n) is 5.14. The van der Waals surface area contributed by atoms with Crippen LogP contribution in [0.2, 0.25) is 0 Å². The molecule has 5 nitrogen and oxygen atoms in total. The van der Waals surface area contributed by atoms with E-state index in [0.29, 0.717) is 10.9 Å². The second-order valence-electron chi connectivity index (χ2n) is 7.63. The number of nitrogens with zero attached hydrogens (tertiary/aromatic N) is 2. The fraction of sp³-hybridized carbons (Fsp3) is 0.333. The molecule has 1 amide bonds. The van der Waals surface area contributed by atoms with Crippen molar-refractivity contribution in [3.05, 3.63) is 64.9 Å². The number of thioether (sulfide) groups is 1. The van der Waals surface area contributed by atoms with Gasteiger partial charge in [0.05, 0.1) is 18.9 Å². The summed E-state index contributed by atoms with van der Waals surface area (Å²) in [6.45, 7) is 4.91. The minimum absolute atomic E-state index is 0.106. The second-order valence-corrected chi connectivity index (χ2v) is 8.62. The molecule has 1 fully saturated rings. The molecule has 1 atom stereocenters. The lowest BCUT2D eigenvalue weighted by Crippen LogP contribution is -2.31. The molecule has 4 rings (SSSR count). The molecule has 2 aliphatic heterocycles. The summed E-state index contributed by atoms with van der Waals surface area (Å²) in [5.74, 6) is 1.47. The quantitative estimate of drug-likeness (QED) is 0.639. The molecule has 1 saturated heterocycles. The van der Waals surface area contributed by atoms with Gasteiger partial charge < -0.3 is 9.47 Å². The maximum Gasteiger partial charge on any atom is 0.283 e. The zero-order chi connectivity index (χ0) is 21.1. The predicted octanol–water partition coefficient (Wildman–Crippen LogP) is 4.97. The summed E-state index contributed by atoms with van der Waals surface area (Å²) in [5.41, 5.74) is 4.44. The first-order valence-corrected chi connectivity index (χ1v) is 11.1. The first kappa shape index (κ1) is 20.7. The fourth-order valence-corrected chi connectivity index (χ4v) is 4.78. The zero-order valence-corrected chi connectivity index (χ0v) is 18.4. The molecule has 2 aromatic carbocycles. The molecule has 2 heterocycles. The summed E-state index contributed by atoms with van der Waals surface area (Å²) >= 11 is 1.59. The molecule has 0 saturated carbocycles. The first-order chi connectivity index (χ1) is 14.5. The number of benzene rings is 2. The van der Waals surface area contributed by atoms with Crippen molar-refractivity contribution in [3.63, 3.8) is 0 Å². The molecule has 2 aliphatic rings. The minimum atomic E-state index is -0.106. The third kappa shape index (κ3) is 4.60. The number of carbonyl (C=O) groups excluding carboxylic acids is 1.